The van der Waals surface area contributed by atoms with Crippen molar-refractivity contribution in [3.8, 4) is 0 Å². The van der Waals surface area contributed by atoms with E-state index in [2.05, 4.69) is 18.7 Å². The van der Waals surface area contributed by atoms with Gasteiger partial charge in [0.25, 0.3) is 0 Å². The van der Waals surface area contributed by atoms with Crippen molar-refractivity contribution in [3.05, 3.63) is 0 Å². The third-order valence-corrected chi connectivity index (χ3v) is 6.88. The van der Waals surface area contributed by atoms with E-state index < -0.39 is 8.80 Å². The predicted octanol–water partition coefficient (Wildman–Crippen LogP) is 3.94. The minimum absolute atomic E-state index is 0.917. The number of rotatable bonds is 15. The maximum Gasteiger partial charge on any atom is 0.500 e. The maximum atomic E-state index is 5.45. The van der Waals surface area contributed by atoms with Crippen LogP contribution in [0.2, 0.25) is 6.04 Å². The summed E-state index contributed by atoms with van der Waals surface area (Å²) >= 11 is 0. The zero-order valence-electron chi connectivity index (χ0n) is 15.0. The molecule has 0 saturated heterocycles. The first-order valence-corrected chi connectivity index (χ1v) is 10.5. The van der Waals surface area contributed by atoms with E-state index in [4.69, 9.17) is 13.3 Å². The van der Waals surface area contributed by atoms with Gasteiger partial charge in [0.15, 0.2) is 0 Å². The van der Waals surface area contributed by atoms with E-state index in [0.717, 1.165) is 12.5 Å². The second kappa shape index (κ2) is 13.7. The predicted molar refractivity (Wildman–Crippen MR) is 91.7 cm³/mol. The molecule has 21 heavy (non-hydrogen) atoms. The van der Waals surface area contributed by atoms with Gasteiger partial charge in [-0.3, -0.25) is 0 Å². The highest BCUT2D eigenvalue weighted by atomic mass is 28.4. The van der Waals surface area contributed by atoms with E-state index >= 15 is 0 Å². The number of hydrogen-bond donors (Lipinski definition) is 0. The zero-order chi connectivity index (χ0) is 16.0. The van der Waals surface area contributed by atoms with Crippen LogP contribution in [-0.2, 0) is 13.3 Å². The third-order valence-electron chi connectivity index (χ3n) is 4.05. The molecule has 0 rings (SSSR count). The Hall–Kier alpha value is 0.0569. The molecule has 0 spiro atoms. The summed E-state index contributed by atoms with van der Waals surface area (Å²) in [5.41, 5.74) is 0. The molecule has 0 aliphatic heterocycles. The van der Waals surface area contributed by atoms with Crippen molar-refractivity contribution in [2.24, 2.45) is 0 Å². The summed E-state index contributed by atoms with van der Waals surface area (Å²) < 4.78 is 16.4. The molecule has 0 aliphatic rings. The van der Waals surface area contributed by atoms with Crippen LogP contribution in [0.4, 0.5) is 0 Å². The van der Waals surface area contributed by atoms with Gasteiger partial charge in [0.05, 0.1) is 0 Å². The van der Waals surface area contributed by atoms with E-state index in [-0.39, 0.29) is 0 Å². The van der Waals surface area contributed by atoms with Crippen molar-refractivity contribution in [1.29, 1.82) is 0 Å². The summed E-state index contributed by atoms with van der Waals surface area (Å²) in [6, 6.07) is 0.917. The van der Waals surface area contributed by atoms with Gasteiger partial charge in [-0.15, -0.1) is 0 Å². The average Bonchev–Trinajstić information content (AvgIpc) is 2.53. The quantitative estimate of drug-likeness (QED) is 0.338. The fraction of sp³-hybridized carbons (Fsp3) is 1.00. The lowest BCUT2D eigenvalue weighted by Gasteiger charge is -2.25. The Labute approximate surface area is 133 Å². The van der Waals surface area contributed by atoms with E-state index in [1.165, 1.54) is 58.2 Å². The normalized spacial score (nSPS) is 12.3. The lowest BCUT2D eigenvalue weighted by Crippen LogP contribution is -2.42. The molecule has 0 amide bonds. The van der Waals surface area contributed by atoms with Gasteiger partial charge in [-0.25, -0.2) is 0 Å². The molecule has 0 aromatic heterocycles. The Kier molecular flexibility index (Phi) is 13.7. The van der Waals surface area contributed by atoms with E-state index in [0.29, 0.717) is 0 Å². The summed E-state index contributed by atoms with van der Waals surface area (Å²) in [4.78, 5) is 2.63. The highest BCUT2D eigenvalue weighted by molar-refractivity contribution is 6.60. The highest BCUT2D eigenvalue weighted by Crippen LogP contribution is 2.17. The molecule has 4 nitrogen and oxygen atoms in total. The molecule has 0 aromatic carbocycles. The van der Waals surface area contributed by atoms with Crippen molar-refractivity contribution in [2.75, 3.05) is 41.0 Å². The van der Waals surface area contributed by atoms with Gasteiger partial charge in [-0.05, 0) is 45.3 Å². The van der Waals surface area contributed by atoms with Crippen LogP contribution in [0.3, 0.4) is 0 Å². The summed E-state index contributed by atoms with van der Waals surface area (Å²) in [7, 11) is 2.72. The van der Waals surface area contributed by atoms with E-state index in [9.17, 15) is 0 Å². The number of hydrogen-bond acceptors (Lipinski definition) is 4. The topological polar surface area (TPSA) is 30.9 Å². The second-order valence-electron chi connectivity index (χ2n) is 5.65. The Morgan fingerprint density at radius 3 is 1.57 bits per heavy atom. The molecule has 0 radical (unpaired) electrons. The summed E-state index contributed by atoms with van der Waals surface area (Å²) in [6.45, 7) is 8.26. The van der Waals surface area contributed by atoms with Crippen LogP contribution < -0.4 is 0 Å². The highest BCUT2D eigenvalue weighted by Gasteiger charge is 2.36. The maximum absolute atomic E-state index is 5.45. The van der Waals surface area contributed by atoms with Crippen LogP contribution in [-0.4, -0.2) is 54.7 Å². The van der Waals surface area contributed by atoms with Gasteiger partial charge in [0.2, 0.25) is 0 Å². The van der Waals surface area contributed by atoms with Crippen molar-refractivity contribution >= 4 is 8.80 Å². The summed E-state index contributed by atoms with van der Waals surface area (Å²) in [6.07, 6.45) is 8.80. The van der Waals surface area contributed by atoms with Crippen LogP contribution in [0.1, 0.15) is 58.8 Å². The van der Waals surface area contributed by atoms with Crippen LogP contribution in [0.25, 0.3) is 0 Å². The molecular formula is C16H37NO3Si. The molecule has 0 saturated carbocycles. The Morgan fingerprint density at radius 1 is 0.667 bits per heavy atom. The molecule has 0 unspecified atom stereocenters. The Morgan fingerprint density at radius 2 is 1.14 bits per heavy atom. The Balaban J connectivity index is 3.87. The van der Waals surface area contributed by atoms with Crippen LogP contribution in [0, 0.1) is 0 Å². The van der Waals surface area contributed by atoms with Crippen LogP contribution >= 0.6 is 0 Å². The molecule has 0 aliphatic carbocycles. The van der Waals surface area contributed by atoms with Gasteiger partial charge in [0.1, 0.15) is 0 Å². The third kappa shape index (κ3) is 9.63. The summed E-state index contributed by atoms with van der Waals surface area (Å²) in [5.74, 6) is 0. The fourth-order valence-corrected chi connectivity index (χ4v) is 4.30. The lowest BCUT2D eigenvalue weighted by atomic mass is 10.2. The van der Waals surface area contributed by atoms with Crippen molar-refractivity contribution < 1.29 is 13.3 Å². The largest absolute Gasteiger partial charge is 0.500 e. The van der Waals surface area contributed by atoms with Crippen molar-refractivity contribution in [1.82, 2.24) is 4.90 Å². The average molecular weight is 320 g/mol. The fourth-order valence-electron chi connectivity index (χ4n) is 2.51. The minimum atomic E-state index is -2.35. The number of nitrogens with zero attached hydrogens (tertiary/aromatic N) is 1. The first-order chi connectivity index (χ1) is 10.2. The lowest BCUT2D eigenvalue weighted by molar-refractivity contribution is 0.122. The first kappa shape index (κ1) is 21.1. The monoisotopic (exact) mass is 319 g/mol. The Bertz CT molecular complexity index is 209. The number of unbranched alkanes of at least 4 members (excludes halogenated alkanes) is 4. The minimum Gasteiger partial charge on any atom is -0.377 e. The molecule has 0 fully saturated rings. The summed E-state index contributed by atoms with van der Waals surface area (Å²) in [5, 5.41) is 0. The van der Waals surface area contributed by atoms with E-state index in [1.807, 2.05) is 0 Å². The van der Waals surface area contributed by atoms with Crippen LogP contribution in [0.5, 0.6) is 0 Å². The first-order valence-electron chi connectivity index (χ1n) is 8.55. The van der Waals surface area contributed by atoms with Gasteiger partial charge in [-0.2, -0.15) is 0 Å². The van der Waals surface area contributed by atoms with Gasteiger partial charge < -0.3 is 18.2 Å². The molecule has 0 bridgehead atoms. The molecule has 128 valence electrons. The molecule has 0 N–H and O–H groups in total. The molecule has 0 aromatic rings. The zero-order valence-corrected chi connectivity index (χ0v) is 16.0. The second-order valence-corrected chi connectivity index (χ2v) is 8.75. The molecule has 0 atom stereocenters. The van der Waals surface area contributed by atoms with Crippen LogP contribution in [0.15, 0.2) is 0 Å². The smallest absolute Gasteiger partial charge is 0.377 e. The van der Waals surface area contributed by atoms with Gasteiger partial charge in [0, 0.05) is 27.4 Å². The molecule has 0 heterocycles. The van der Waals surface area contributed by atoms with E-state index in [1.54, 1.807) is 21.3 Å². The standard InChI is InChI=1S/C16H37NO3Si/c1-6-8-13-17(14-9-7-2)15-11-10-12-16-21(18-3,19-4)20-5/h6-16H2,1-5H3. The molecular weight excluding hydrogens is 282 g/mol. The van der Waals surface area contributed by atoms with Crippen molar-refractivity contribution in [2.45, 2.75) is 64.8 Å². The van der Waals surface area contributed by atoms with Gasteiger partial charge in [-0.1, -0.05) is 33.1 Å². The van der Waals surface area contributed by atoms with Crippen molar-refractivity contribution in [3.63, 3.8) is 0 Å². The van der Waals surface area contributed by atoms with Gasteiger partial charge >= 0.3 is 8.80 Å². The molecule has 5 heteroatoms. The SMILES string of the molecule is CCCCN(CCCC)CCCCC[Si](OC)(OC)OC.